The van der Waals surface area contributed by atoms with Crippen LogP contribution in [0.15, 0.2) is 30.3 Å². The molecule has 0 aliphatic carbocycles. The Morgan fingerprint density at radius 1 is 1.07 bits per heavy atom. The van der Waals surface area contributed by atoms with Gasteiger partial charge in [-0.15, -0.1) is 0 Å². The number of ether oxygens (including phenoxy) is 1. The number of benzene rings is 1. The molecule has 0 spiro atoms. The van der Waals surface area contributed by atoms with Gasteiger partial charge < -0.3 is 21.1 Å². The smallest absolute Gasteiger partial charge is 0.308 e. The Hall–Kier alpha value is -2.90. The highest BCUT2D eigenvalue weighted by Gasteiger charge is 2.28. The number of esters is 1. The number of nitrogens with two attached hydrogens (primary N) is 1. The lowest BCUT2D eigenvalue weighted by atomic mass is 10.00. The number of amides is 3. The molecule has 8 heteroatoms. The maximum Gasteiger partial charge on any atom is 0.308 e. The lowest BCUT2D eigenvalue weighted by Gasteiger charge is -2.23. The molecule has 0 radical (unpaired) electrons. The molecule has 0 heterocycles. The summed E-state index contributed by atoms with van der Waals surface area (Å²) in [5.74, 6) is -2.77. The van der Waals surface area contributed by atoms with E-state index in [9.17, 15) is 19.2 Å². The summed E-state index contributed by atoms with van der Waals surface area (Å²) in [6, 6.07) is 7.23. The molecule has 27 heavy (non-hydrogen) atoms. The van der Waals surface area contributed by atoms with Crippen LogP contribution in [0.25, 0.3) is 0 Å². The molecular formula is C19H27N3O5. The average Bonchev–Trinajstić information content (AvgIpc) is 2.61. The van der Waals surface area contributed by atoms with Crippen molar-refractivity contribution in [3.05, 3.63) is 35.9 Å². The first-order chi connectivity index (χ1) is 12.7. The van der Waals surface area contributed by atoms with E-state index in [-0.39, 0.29) is 25.4 Å². The van der Waals surface area contributed by atoms with Gasteiger partial charge in [0.1, 0.15) is 12.1 Å². The standard InChI is InChI=1S/C19H27N3O5/c1-4-27-19(26)12(2)10-15(17(20)24)22-18(25)16(21-13(3)23)11-14-8-6-5-7-9-14/h5-9,12,15-16H,4,10-11H2,1-3H3,(H2,20,24)(H,21,23)(H,22,25)/t12-,15+,16-/m0/s1. The van der Waals surface area contributed by atoms with Crippen LogP contribution in [0.5, 0.6) is 0 Å². The van der Waals surface area contributed by atoms with Crippen LogP contribution in [0.2, 0.25) is 0 Å². The SMILES string of the molecule is CCOC(=O)[C@@H](C)C[C@@H](NC(=O)[C@H](Cc1ccccc1)NC(C)=O)C(N)=O. The van der Waals surface area contributed by atoms with Gasteiger partial charge in [-0.25, -0.2) is 0 Å². The molecule has 1 aromatic carbocycles. The maximum absolute atomic E-state index is 12.6. The number of nitrogens with one attached hydrogen (secondary N) is 2. The van der Waals surface area contributed by atoms with Crippen LogP contribution in [0.3, 0.4) is 0 Å². The first-order valence-electron chi connectivity index (χ1n) is 8.81. The molecule has 0 bridgehead atoms. The molecule has 0 unspecified atom stereocenters. The predicted molar refractivity (Wildman–Crippen MR) is 99.3 cm³/mol. The van der Waals surface area contributed by atoms with Crippen LogP contribution in [-0.2, 0) is 30.3 Å². The third-order valence-corrected chi connectivity index (χ3v) is 3.91. The minimum Gasteiger partial charge on any atom is -0.466 e. The van der Waals surface area contributed by atoms with Crippen LogP contribution in [0.4, 0.5) is 0 Å². The summed E-state index contributed by atoms with van der Waals surface area (Å²) in [5.41, 5.74) is 6.22. The van der Waals surface area contributed by atoms with Crippen molar-refractivity contribution in [3.8, 4) is 0 Å². The fraction of sp³-hybridized carbons (Fsp3) is 0.474. The van der Waals surface area contributed by atoms with E-state index in [1.54, 1.807) is 13.8 Å². The molecule has 3 amide bonds. The second kappa shape index (κ2) is 10.9. The van der Waals surface area contributed by atoms with Crippen molar-refractivity contribution in [3.63, 3.8) is 0 Å². The highest BCUT2D eigenvalue weighted by molar-refractivity contribution is 5.91. The van der Waals surface area contributed by atoms with Crippen LogP contribution < -0.4 is 16.4 Å². The van der Waals surface area contributed by atoms with Gasteiger partial charge in [0, 0.05) is 13.3 Å². The van der Waals surface area contributed by atoms with Crippen LogP contribution in [-0.4, -0.2) is 42.4 Å². The first kappa shape index (κ1) is 22.1. The van der Waals surface area contributed by atoms with E-state index in [1.807, 2.05) is 30.3 Å². The van der Waals surface area contributed by atoms with Crippen molar-refractivity contribution >= 4 is 23.7 Å². The second-order valence-corrected chi connectivity index (χ2v) is 6.30. The van der Waals surface area contributed by atoms with Gasteiger partial charge in [-0.3, -0.25) is 19.2 Å². The Morgan fingerprint density at radius 2 is 1.70 bits per heavy atom. The van der Waals surface area contributed by atoms with Crippen molar-refractivity contribution in [2.45, 2.75) is 45.7 Å². The molecule has 1 rings (SSSR count). The largest absolute Gasteiger partial charge is 0.466 e. The molecule has 0 fully saturated rings. The summed E-state index contributed by atoms with van der Waals surface area (Å²) in [4.78, 5) is 47.6. The molecule has 3 atom stereocenters. The van der Waals surface area contributed by atoms with Crippen molar-refractivity contribution in [1.82, 2.24) is 10.6 Å². The zero-order valence-electron chi connectivity index (χ0n) is 15.9. The van der Waals surface area contributed by atoms with E-state index < -0.39 is 35.8 Å². The van der Waals surface area contributed by atoms with Crippen molar-refractivity contribution in [2.24, 2.45) is 11.7 Å². The summed E-state index contributed by atoms with van der Waals surface area (Å²) >= 11 is 0. The molecule has 1 aromatic rings. The van der Waals surface area contributed by atoms with Gasteiger partial charge in [-0.05, 0) is 18.9 Å². The molecule has 0 saturated carbocycles. The van der Waals surface area contributed by atoms with Crippen LogP contribution in [0, 0.1) is 5.92 Å². The summed E-state index contributed by atoms with van der Waals surface area (Å²) in [5, 5.41) is 5.11. The fourth-order valence-corrected chi connectivity index (χ4v) is 2.56. The van der Waals surface area contributed by atoms with Gasteiger partial charge >= 0.3 is 5.97 Å². The summed E-state index contributed by atoms with van der Waals surface area (Å²) in [7, 11) is 0. The first-order valence-corrected chi connectivity index (χ1v) is 8.81. The Balaban J connectivity index is 2.83. The summed E-state index contributed by atoms with van der Waals surface area (Å²) in [6.07, 6.45) is 0.267. The minimum absolute atomic E-state index is 0.0119. The van der Waals surface area contributed by atoms with E-state index in [0.29, 0.717) is 0 Å². The lowest BCUT2D eigenvalue weighted by molar-refractivity contribution is -0.148. The van der Waals surface area contributed by atoms with E-state index in [0.717, 1.165) is 5.56 Å². The normalized spacial score (nSPS) is 13.7. The number of hydrogen-bond donors (Lipinski definition) is 3. The third kappa shape index (κ3) is 7.89. The molecular weight excluding hydrogens is 350 g/mol. The van der Waals surface area contributed by atoms with Crippen LogP contribution in [0.1, 0.15) is 32.8 Å². The van der Waals surface area contributed by atoms with Crippen molar-refractivity contribution in [1.29, 1.82) is 0 Å². The highest BCUT2D eigenvalue weighted by Crippen LogP contribution is 2.10. The topological polar surface area (TPSA) is 128 Å². The monoisotopic (exact) mass is 377 g/mol. The average molecular weight is 377 g/mol. The third-order valence-electron chi connectivity index (χ3n) is 3.91. The summed E-state index contributed by atoms with van der Waals surface area (Å²) in [6.45, 7) is 4.80. The van der Waals surface area contributed by atoms with Gasteiger partial charge in [-0.1, -0.05) is 37.3 Å². The van der Waals surface area contributed by atoms with Gasteiger partial charge in [0.15, 0.2) is 0 Å². The highest BCUT2D eigenvalue weighted by atomic mass is 16.5. The lowest BCUT2D eigenvalue weighted by Crippen LogP contribution is -2.54. The molecule has 8 nitrogen and oxygen atoms in total. The quantitative estimate of drug-likeness (QED) is 0.505. The van der Waals surface area contributed by atoms with Gasteiger partial charge in [0.2, 0.25) is 17.7 Å². The maximum atomic E-state index is 12.6. The number of carbonyl (C=O) groups excluding carboxylic acids is 4. The van der Waals surface area contributed by atoms with Crippen molar-refractivity contribution in [2.75, 3.05) is 6.61 Å². The molecule has 4 N–H and O–H groups in total. The number of rotatable bonds is 10. The number of primary amides is 1. The molecule has 0 aromatic heterocycles. The molecule has 0 aliphatic heterocycles. The molecule has 0 aliphatic rings. The van der Waals surface area contributed by atoms with Gasteiger partial charge in [-0.2, -0.15) is 0 Å². The molecule has 148 valence electrons. The number of hydrogen-bond acceptors (Lipinski definition) is 5. The predicted octanol–water partition coefficient (Wildman–Crippen LogP) is 0.293. The van der Waals surface area contributed by atoms with Crippen LogP contribution >= 0.6 is 0 Å². The number of carbonyl (C=O) groups is 4. The zero-order valence-corrected chi connectivity index (χ0v) is 15.9. The molecule has 0 saturated heterocycles. The zero-order chi connectivity index (χ0) is 20.4. The van der Waals surface area contributed by atoms with E-state index in [1.165, 1.54) is 6.92 Å². The minimum atomic E-state index is -1.05. The fourth-order valence-electron chi connectivity index (χ4n) is 2.56. The van der Waals surface area contributed by atoms with E-state index in [2.05, 4.69) is 10.6 Å². The second-order valence-electron chi connectivity index (χ2n) is 6.30. The van der Waals surface area contributed by atoms with E-state index in [4.69, 9.17) is 10.5 Å². The van der Waals surface area contributed by atoms with E-state index >= 15 is 0 Å². The Bertz CT molecular complexity index is 663. The Kier molecular flexibility index (Phi) is 8.98. The van der Waals surface area contributed by atoms with Crippen molar-refractivity contribution < 1.29 is 23.9 Å². The summed E-state index contributed by atoms with van der Waals surface area (Å²) < 4.78 is 4.91. The van der Waals surface area contributed by atoms with Gasteiger partial charge in [0.05, 0.1) is 12.5 Å². The van der Waals surface area contributed by atoms with Gasteiger partial charge in [0.25, 0.3) is 0 Å². The Labute approximate surface area is 158 Å². The Morgan fingerprint density at radius 3 is 2.22 bits per heavy atom.